The second-order valence-corrected chi connectivity index (χ2v) is 6.43. The van der Waals surface area contributed by atoms with Gasteiger partial charge in [-0.15, -0.1) is 0 Å². The molecule has 1 atom stereocenters. The van der Waals surface area contributed by atoms with Gasteiger partial charge in [0.15, 0.2) is 0 Å². The van der Waals surface area contributed by atoms with Crippen molar-refractivity contribution in [3.05, 3.63) is 34.4 Å². The maximum absolute atomic E-state index is 11.6. The summed E-state index contributed by atoms with van der Waals surface area (Å²) in [4.78, 5) is 11.6. The maximum atomic E-state index is 11.6. The monoisotopic (exact) mass is 288 g/mol. The lowest BCUT2D eigenvalue weighted by Gasteiger charge is -2.20. The van der Waals surface area contributed by atoms with Gasteiger partial charge in [0.05, 0.1) is 0 Å². The molecule has 0 radical (unpaired) electrons. The lowest BCUT2D eigenvalue weighted by Crippen LogP contribution is -2.27. The van der Waals surface area contributed by atoms with Crippen LogP contribution in [-0.2, 0) is 4.79 Å². The second-order valence-electron chi connectivity index (χ2n) is 6.43. The van der Waals surface area contributed by atoms with Gasteiger partial charge in [-0.3, -0.25) is 4.79 Å². The molecule has 1 aliphatic carbocycles. The number of carbonyl (C=O) groups excluding carboxylic acids is 1. The standard InChI is InChI=1S/C18H28N2O/c1-12-10-13(2)18(14(3)11-12)15(4)19-9-5-6-17(21)20-16-7-8-16/h10-11,15-16,19H,5-9H2,1-4H3,(H,20,21). The number of aryl methyl sites for hydroxylation is 3. The summed E-state index contributed by atoms with van der Waals surface area (Å²) in [6.45, 7) is 9.58. The van der Waals surface area contributed by atoms with E-state index in [2.05, 4.69) is 50.5 Å². The first-order chi connectivity index (χ1) is 9.97. The van der Waals surface area contributed by atoms with Crippen molar-refractivity contribution in [2.75, 3.05) is 6.54 Å². The fraction of sp³-hybridized carbons (Fsp3) is 0.611. The van der Waals surface area contributed by atoms with Crippen molar-refractivity contribution >= 4 is 5.91 Å². The summed E-state index contributed by atoms with van der Waals surface area (Å²) in [6, 6.07) is 5.28. The van der Waals surface area contributed by atoms with Crippen molar-refractivity contribution in [1.82, 2.24) is 10.6 Å². The Hall–Kier alpha value is -1.35. The summed E-state index contributed by atoms with van der Waals surface area (Å²) in [5.74, 6) is 0.203. The maximum Gasteiger partial charge on any atom is 0.220 e. The molecular formula is C18H28N2O. The first-order valence-electron chi connectivity index (χ1n) is 8.08. The number of amides is 1. The zero-order valence-corrected chi connectivity index (χ0v) is 13.8. The van der Waals surface area contributed by atoms with Gasteiger partial charge in [-0.1, -0.05) is 17.7 Å². The van der Waals surface area contributed by atoms with E-state index in [1.807, 2.05) is 0 Å². The molecule has 1 aromatic rings. The van der Waals surface area contributed by atoms with Crippen LogP contribution in [0.3, 0.4) is 0 Å². The summed E-state index contributed by atoms with van der Waals surface area (Å²) in [5, 5.41) is 6.58. The smallest absolute Gasteiger partial charge is 0.220 e. The third-order valence-corrected chi connectivity index (χ3v) is 4.14. The van der Waals surface area contributed by atoms with Crippen LogP contribution in [-0.4, -0.2) is 18.5 Å². The Bertz CT molecular complexity index is 483. The van der Waals surface area contributed by atoms with Crippen molar-refractivity contribution in [1.29, 1.82) is 0 Å². The molecule has 3 heteroatoms. The molecule has 0 bridgehead atoms. The number of hydrogen-bond donors (Lipinski definition) is 2. The predicted molar refractivity (Wildman–Crippen MR) is 87.5 cm³/mol. The Kier molecular flexibility index (Phi) is 5.40. The highest BCUT2D eigenvalue weighted by Crippen LogP contribution is 2.23. The molecule has 116 valence electrons. The van der Waals surface area contributed by atoms with Crippen molar-refractivity contribution in [3.63, 3.8) is 0 Å². The topological polar surface area (TPSA) is 41.1 Å². The minimum atomic E-state index is 0.203. The average molecular weight is 288 g/mol. The minimum absolute atomic E-state index is 0.203. The number of hydrogen-bond acceptors (Lipinski definition) is 2. The van der Waals surface area contributed by atoms with Gasteiger partial charge in [-0.2, -0.15) is 0 Å². The molecule has 0 aromatic heterocycles. The third kappa shape index (κ3) is 4.85. The minimum Gasteiger partial charge on any atom is -0.353 e. The highest BCUT2D eigenvalue weighted by Gasteiger charge is 2.22. The van der Waals surface area contributed by atoms with Crippen LogP contribution in [0.15, 0.2) is 12.1 Å². The molecular weight excluding hydrogens is 260 g/mol. The summed E-state index contributed by atoms with van der Waals surface area (Å²) < 4.78 is 0. The lowest BCUT2D eigenvalue weighted by atomic mass is 9.95. The van der Waals surface area contributed by atoms with Gasteiger partial charge in [-0.25, -0.2) is 0 Å². The molecule has 1 saturated carbocycles. The quantitative estimate of drug-likeness (QED) is 0.756. The van der Waals surface area contributed by atoms with E-state index >= 15 is 0 Å². The van der Waals surface area contributed by atoms with Gasteiger partial charge in [0.2, 0.25) is 5.91 Å². The Labute approximate surface area is 128 Å². The van der Waals surface area contributed by atoms with Crippen LogP contribution < -0.4 is 10.6 Å². The molecule has 3 nitrogen and oxygen atoms in total. The number of benzene rings is 1. The molecule has 1 amide bonds. The highest BCUT2D eigenvalue weighted by molar-refractivity contribution is 5.76. The molecule has 0 saturated heterocycles. The van der Waals surface area contributed by atoms with E-state index in [0.717, 1.165) is 25.8 Å². The summed E-state index contributed by atoms with van der Waals surface area (Å²) in [5.41, 5.74) is 5.40. The van der Waals surface area contributed by atoms with E-state index in [0.29, 0.717) is 18.5 Å². The SMILES string of the molecule is Cc1cc(C)c(C(C)NCCCC(=O)NC2CC2)c(C)c1. The van der Waals surface area contributed by atoms with E-state index < -0.39 is 0 Å². The average Bonchev–Trinajstić information content (AvgIpc) is 3.17. The van der Waals surface area contributed by atoms with Crippen LogP contribution in [0.4, 0.5) is 0 Å². The third-order valence-electron chi connectivity index (χ3n) is 4.14. The van der Waals surface area contributed by atoms with Gasteiger partial charge in [0.1, 0.15) is 0 Å². The first-order valence-corrected chi connectivity index (χ1v) is 8.08. The fourth-order valence-electron chi connectivity index (χ4n) is 3.07. The van der Waals surface area contributed by atoms with E-state index in [1.54, 1.807) is 0 Å². The van der Waals surface area contributed by atoms with Crippen LogP contribution in [0, 0.1) is 20.8 Å². The molecule has 1 fully saturated rings. The van der Waals surface area contributed by atoms with Crippen molar-refractivity contribution in [2.24, 2.45) is 0 Å². The molecule has 0 spiro atoms. The molecule has 2 N–H and O–H groups in total. The van der Waals surface area contributed by atoms with Crippen LogP contribution in [0.2, 0.25) is 0 Å². The molecule has 0 aliphatic heterocycles. The van der Waals surface area contributed by atoms with Gasteiger partial charge < -0.3 is 10.6 Å². The summed E-state index contributed by atoms with van der Waals surface area (Å²) >= 11 is 0. The van der Waals surface area contributed by atoms with Gasteiger partial charge in [0.25, 0.3) is 0 Å². The lowest BCUT2D eigenvalue weighted by molar-refractivity contribution is -0.121. The Morgan fingerprint density at radius 1 is 1.24 bits per heavy atom. The largest absolute Gasteiger partial charge is 0.353 e. The van der Waals surface area contributed by atoms with Crippen LogP contribution in [0.5, 0.6) is 0 Å². The first kappa shape index (κ1) is 16.0. The van der Waals surface area contributed by atoms with Gasteiger partial charge in [0, 0.05) is 18.5 Å². The Morgan fingerprint density at radius 3 is 2.43 bits per heavy atom. The predicted octanol–water partition coefficient (Wildman–Crippen LogP) is 3.32. The van der Waals surface area contributed by atoms with Crippen molar-refractivity contribution < 1.29 is 4.79 Å². The fourth-order valence-corrected chi connectivity index (χ4v) is 3.07. The second kappa shape index (κ2) is 7.08. The van der Waals surface area contributed by atoms with Crippen molar-refractivity contribution in [2.45, 2.75) is 65.5 Å². The van der Waals surface area contributed by atoms with E-state index in [1.165, 1.54) is 22.3 Å². The number of rotatable bonds is 7. The van der Waals surface area contributed by atoms with E-state index in [-0.39, 0.29) is 5.91 Å². The molecule has 2 rings (SSSR count). The summed E-state index contributed by atoms with van der Waals surface area (Å²) in [6.07, 6.45) is 3.84. The highest BCUT2D eigenvalue weighted by atomic mass is 16.1. The van der Waals surface area contributed by atoms with E-state index in [4.69, 9.17) is 0 Å². The molecule has 1 aliphatic rings. The zero-order chi connectivity index (χ0) is 15.4. The molecule has 1 unspecified atom stereocenters. The van der Waals surface area contributed by atoms with Crippen molar-refractivity contribution in [3.8, 4) is 0 Å². The Balaban J connectivity index is 1.76. The van der Waals surface area contributed by atoms with Crippen LogP contribution in [0.1, 0.15) is 60.9 Å². The van der Waals surface area contributed by atoms with Gasteiger partial charge in [-0.05, 0) is 70.2 Å². The van der Waals surface area contributed by atoms with Crippen LogP contribution in [0.25, 0.3) is 0 Å². The van der Waals surface area contributed by atoms with E-state index in [9.17, 15) is 4.79 Å². The molecule has 0 heterocycles. The molecule has 21 heavy (non-hydrogen) atoms. The normalized spacial score (nSPS) is 15.8. The number of carbonyl (C=O) groups is 1. The Morgan fingerprint density at radius 2 is 1.86 bits per heavy atom. The zero-order valence-electron chi connectivity index (χ0n) is 13.8. The van der Waals surface area contributed by atoms with Crippen LogP contribution >= 0.6 is 0 Å². The van der Waals surface area contributed by atoms with Gasteiger partial charge >= 0.3 is 0 Å². The molecule has 1 aromatic carbocycles. The number of nitrogens with one attached hydrogen (secondary N) is 2. The summed E-state index contributed by atoms with van der Waals surface area (Å²) in [7, 11) is 0.